The lowest BCUT2D eigenvalue weighted by molar-refractivity contribution is 0.101. The SMILES string of the molecule is CC(=O)c1cc([S+]2CCCC2)c2ccccc2c1OCCC1CCCC1.c1cc(OCC2CCCCC2)c2c([S+]3CC4CCCCC4C3)ccc(OCC3CCCCC3)c2c1.c1ccc2c([S+](c3ccc(OCC4CCCCC4)c4ccccc34)C3CCCCC3)cccc2c1.c1ccc2c([S+](c3cccc4ccccc34)c3ccc(OCC4CCCCC4)c4ccccc34)cccc2c1. The first-order valence-corrected chi connectivity index (χ1v) is 58.5. The number of carbonyl (C=O) groups is 1. The molecular weight excluding hydrogens is 1730 g/mol. The van der Waals surface area contributed by atoms with Gasteiger partial charge in [-0.15, -0.1) is 0 Å². The summed E-state index contributed by atoms with van der Waals surface area (Å²) < 4.78 is 32.6. The molecule has 14 aromatic carbocycles. The summed E-state index contributed by atoms with van der Waals surface area (Å²) in [5.41, 5.74) is 0.782. The van der Waals surface area contributed by atoms with Crippen molar-refractivity contribution in [2.24, 2.45) is 41.4 Å². The van der Waals surface area contributed by atoms with Crippen molar-refractivity contribution in [3.05, 3.63) is 266 Å². The van der Waals surface area contributed by atoms with E-state index < -0.39 is 0 Å². The summed E-state index contributed by atoms with van der Waals surface area (Å²) in [6.07, 6.45) is 48.8. The zero-order valence-electron chi connectivity index (χ0n) is 80.3. The number of ketones is 1. The normalized spacial score (nSPS) is 19.9. The predicted octanol–water partition coefficient (Wildman–Crippen LogP) is 33.8. The van der Waals surface area contributed by atoms with Crippen LogP contribution in [0, 0.1) is 41.4 Å². The Kier molecular flexibility index (Phi) is 32.0. The minimum absolute atomic E-state index is 0.0411. The number of hydrogen-bond donors (Lipinski definition) is 0. The van der Waals surface area contributed by atoms with E-state index in [4.69, 9.17) is 23.7 Å². The van der Waals surface area contributed by atoms with Crippen molar-refractivity contribution in [2.75, 3.05) is 56.0 Å². The Morgan fingerprint density at radius 1 is 0.289 bits per heavy atom. The van der Waals surface area contributed by atoms with Crippen LogP contribution in [0.25, 0.3) is 75.4 Å². The van der Waals surface area contributed by atoms with E-state index in [9.17, 15) is 4.79 Å². The molecule has 23 rings (SSSR count). The second-order valence-corrected chi connectivity index (χ2v) is 49.4. The lowest BCUT2D eigenvalue weighted by Gasteiger charge is -2.25. The monoisotopic (exact) mass is 1870 g/mol. The maximum atomic E-state index is 12.4. The molecule has 6 nitrogen and oxygen atoms in total. The first-order chi connectivity index (χ1) is 66.8. The second kappa shape index (κ2) is 46.2. The summed E-state index contributed by atoms with van der Waals surface area (Å²) in [6, 6.07) is 96.3. The first-order valence-electron chi connectivity index (χ1n) is 52.9. The fourth-order valence-corrected chi connectivity index (χ4v) is 35.7. The highest BCUT2D eigenvalue weighted by Crippen LogP contribution is 2.50. The standard InChI is InChI=1S/C37H33OS.C33H37OS.C32H45O2S.C23H29O2S/c1-2-12-27(13-3-1)26-38-34-24-25-37(33-21-9-8-20-32(33)34)39(35-22-10-16-28-14-4-6-18-30(28)35)36-23-11-17-29-15-5-7-19-31(29)36;1-3-12-25(13-4-1)24-34-31-22-23-33(30-20-10-9-19-29(30)31)35(27-16-5-2-6-17-27)32-21-11-15-26-14-7-8-18-28(26)32;1-3-10-24(11-4-1)20-33-29-18-19-31(35-22-26-14-7-8-15-27(26)23-35)32-28(29)16-9-17-30(32)34-21-25-12-5-2-6-13-25;1-17(24)21-16-22(26-14-6-7-15-26)19-10-4-5-11-20(19)23(21)25-13-12-18-8-2-3-9-18/h4-11,14-25,27H,1-3,12-13,26H2;7-11,14-15,18-23,25,27H,1-6,12-13,16-17,24H2;9,16-19,24-27H,1-8,10-15,20-23H2;4-5,10-11,16,18H,2-3,6-9,12-15H2,1H3/q4*+1. The van der Waals surface area contributed by atoms with Crippen molar-refractivity contribution in [1.82, 2.24) is 0 Å². The number of rotatable bonds is 25. The molecule has 700 valence electrons. The van der Waals surface area contributed by atoms with Crippen LogP contribution in [0.3, 0.4) is 0 Å². The smallest absolute Gasteiger partial charge is 0.174 e. The molecule has 7 aliphatic carbocycles. The molecular formula is C125H144O6S4+4. The second-order valence-electron chi connectivity index (χ2n) is 40.9. The number of carbonyl (C=O) groups excluding carboxylic acids is 1. The van der Waals surface area contributed by atoms with Crippen molar-refractivity contribution < 1.29 is 28.5 Å². The third-order valence-corrected chi connectivity index (χ3v) is 42.1. The molecule has 0 N–H and O–H groups in total. The molecule has 0 aromatic heterocycles. The van der Waals surface area contributed by atoms with Gasteiger partial charge in [0.1, 0.15) is 67.9 Å². The van der Waals surface area contributed by atoms with Crippen molar-refractivity contribution in [3.63, 3.8) is 0 Å². The largest absolute Gasteiger partial charge is 0.493 e. The van der Waals surface area contributed by atoms with Gasteiger partial charge in [-0.3, -0.25) is 4.79 Å². The Balaban J connectivity index is 0.000000113. The Morgan fingerprint density at radius 3 is 1.15 bits per heavy atom. The third kappa shape index (κ3) is 22.3. The fourth-order valence-electron chi connectivity index (χ4n) is 24.4. The minimum atomic E-state index is -0.310. The van der Waals surface area contributed by atoms with Crippen molar-refractivity contribution in [3.8, 4) is 28.7 Å². The molecule has 7 saturated carbocycles. The Labute approximate surface area is 817 Å². The molecule has 0 spiro atoms. The Hall–Kier alpha value is -9.03. The van der Waals surface area contributed by atoms with Crippen LogP contribution in [0.5, 0.6) is 28.7 Å². The van der Waals surface area contributed by atoms with Crippen molar-refractivity contribution >= 4 is 125 Å². The highest BCUT2D eigenvalue weighted by atomic mass is 32.2. The average Bonchev–Trinajstić information content (AvgIpc) is 1.04. The molecule has 10 heteroatoms. The third-order valence-electron chi connectivity index (χ3n) is 31.8. The van der Waals surface area contributed by atoms with E-state index in [1.807, 2.05) is 0 Å². The summed E-state index contributed by atoms with van der Waals surface area (Å²) in [6.45, 7) is 5.83. The quantitative estimate of drug-likeness (QED) is 0.0420. The first kappa shape index (κ1) is 93.6. The Bertz CT molecular complexity index is 6190. The van der Waals surface area contributed by atoms with Crippen LogP contribution in [-0.4, -0.2) is 67.1 Å². The van der Waals surface area contributed by atoms with E-state index in [0.717, 1.165) is 115 Å². The van der Waals surface area contributed by atoms with Gasteiger partial charge >= 0.3 is 0 Å². The lowest BCUT2D eigenvalue weighted by atomic mass is 9.82. The maximum Gasteiger partial charge on any atom is 0.174 e. The average molecular weight is 1870 g/mol. The van der Waals surface area contributed by atoms with Gasteiger partial charge in [-0.2, -0.15) is 0 Å². The summed E-state index contributed by atoms with van der Waals surface area (Å²) >= 11 is 0. The number of benzene rings is 14. The van der Waals surface area contributed by atoms with Gasteiger partial charge in [0.25, 0.3) is 0 Å². The highest BCUT2D eigenvalue weighted by molar-refractivity contribution is 7.98. The topological polar surface area (TPSA) is 63.2 Å². The highest BCUT2D eigenvalue weighted by Gasteiger charge is 2.46. The zero-order chi connectivity index (χ0) is 90.9. The molecule has 0 amide bonds. The molecule has 0 radical (unpaired) electrons. The number of fused-ring (bicyclic) bond motifs is 8. The van der Waals surface area contributed by atoms with Crippen LogP contribution in [0.15, 0.2) is 295 Å². The molecule has 2 heterocycles. The van der Waals surface area contributed by atoms with Gasteiger partial charge < -0.3 is 23.7 Å². The van der Waals surface area contributed by atoms with Gasteiger partial charge in [-0.25, -0.2) is 0 Å². The molecule has 3 unspecified atom stereocenters. The molecule has 135 heavy (non-hydrogen) atoms. The van der Waals surface area contributed by atoms with Crippen molar-refractivity contribution in [2.45, 2.75) is 278 Å². The Morgan fingerprint density at radius 2 is 0.644 bits per heavy atom. The van der Waals surface area contributed by atoms with Crippen LogP contribution in [-0.2, 0) is 43.6 Å². The summed E-state index contributed by atoms with van der Waals surface area (Å²) in [4.78, 5) is 22.5. The molecule has 9 aliphatic rings. The van der Waals surface area contributed by atoms with Crippen LogP contribution in [0.4, 0.5) is 0 Å². The van der Waals surface area contributed by atoms with Crippen LogP contribution >= 0.6 is 0 Å². The van der Waals surface area contributed by atoms with Gasteiger partial charge in [0, 0.05) is 93.6 Å². The van der Waals surface area contributed by atoms with E-state index in [1.54, 1.807) is 11.8 Å². The van der Waals surface area contributed by atoms with Gasteiger partial charge in [0.05, 0.1) is 54.9 Å². The predicted molar refractivity (Wildman–Crippen MR) is 576 cm³/mol. The number of Topliss-reactive ketones (excluding diaryl/α,β-unsaturated/α-hetero) is 1. The summed E-state index contributed by atoms with van der Waals surface area (Å²) in [5.74, 6) is 16.1. The van der Waals surface area contributed by atoms with Crippen LogP contribution in [0.1, 0.15) is 248 Å². The van der Waals surface area contributed by atoms with Gasteiger partial charge in [0.15, 0.2) is 40.1 Å². The zero-order valence-corrected chi connectivity index (χ0v) is 83.6. The van der Waals surface area contributed by atoms with Gasteiger partial charge in [-0.05, 0) is 259 Å². The molecule has 2 saturated heterocycles. The van der Waals surface area contributed by atoms with E-state index >= 15 is 0 Å². The fraction of sp³-hybridized carbons (Fsp3) is 0.432. The number of ether oxygens (including phenoxy) is 5. The van der Waals surface area contributed by atoms with Crippen LogP contribution < -0.4 is 23.7 Å². The van der Waals surface area contributed by atoms with Gasteiger partial charge in [-0.1, -0.05) is 280 Å². The van der Waals surface area contributed by atoms with E-state index in [1.165, 1.54) is 347 Å². The van der Waals surface area contributed by atoms with Gasteiger partial charge in [0.2, 0.25) is 0 Å². The summed E-state index contributed by atoms with van der Waals surface area (Å²) in [5, 5.41) is 18.9. The molecule has 9 fully saturated rings. The van der Waals surface area contributed by atoms with E-state index in [-0.39, 0.29) is 38.5 Å². The summed E-state index contributed by atoms with van der Waals surface area (Å²) in [7, 11) is 0.359. The molecule has 14 aromatic rings. The molecule has 0 bridgehead atoms. The molecule has 2 aliphatic heterocycles. The van der Waals surface area contributed by atoms with Crippen LogP contribution in [0.2, 0.25) is 0 Å². The molecule has 3 atom stereocenters. The maximum absolute atomic E-state index is 12.4. The van der Waals surface area contributed by atoms with E-state index in [0.29, 0.717) is 22.1 Å². The van der Waals surface area contributed by atoms with E-state index in [2.05, 4.69) is 261 Å². The minimum Gasteiger partial charge on any atom is -0.493 e. The number of hydrogen-bond acceptors (Lipinski definition) is 6. The van der Waals surface area contributed by atoms with Crippen molar-refractivity contribution in [1.29, 1.82) is 0 Å². The lowest BCUT2D eigenvalue weighted by Crippen LogP contribution is -2.25.